The maximum absolute atomic E-state index is 13.9. The molecule has 2 bridgehead atoms. The van der Waals surface area contributed by atoms with Gasteiger partial charge in [-0.3, -0.25) is 9.69 Å². The molecule has 3 fully saturated rings. The van der Waals surface area contributed by atoms with Crippen molar-refractivity contribution in [2.24, 2.45) is 5.92 Å². The van der Waals surface area contributed by atoms with Crippen LogP contribution in [0.3, 0.4) is 0 Å². The lowest BCUT2D eigenvalue weighted by Gasteiger charge is -2.62. The van der Waals surface area contributed by atoms with Crippen LogP contribution in [0.15, 0.2) is 42.0 Å². The number of likely N-dealkylation sites (tertiary alicyclic amines) is 1. The summed E-state index contributed by atoms with van der Waals surface area (Å²) >= 11 is 0. The molecule has 1 N–H and O–H groups in total. The molecule has 1 spiro atoms. The molecular formula is C28H28FNO4. The van der Waals surface area contributed by atoms with E-state index in [0.29, 0.717) is 29.4 Å². The van der Waals surface area contributed by atoms with Crippen molar-refractivity contribution in [2.75, 3.05) is 20.2 Å². The van der Waals surface area contributed by atoms with E-state index in [2.05, 4.69) is 11.0 Å². The number of hydrogen-bond acceptors (Lipinski definition) is 5. The fourth-order valence-corrected chi connectivity index (χ4v) is 7.22. The Morgan fingerprint density at radius 1 is 1.24 bits per heavy atom. The Morgan fingerprint density at radius 3 is 2.76 bits per heavy atom. The average molecular weight is 462 g/mol. The van der Waals surface area contributed by atoms with E-state index in [1.165, 1.54) is 25.0 Å². The van der Waals surface area contributed by atoms with E-state index in [1.807, 2.05) is 6.07 Å². The average Bonchev–Trinajstić information content (AvgIpc) is 3.57. The van der Waals surface area contributed by atoms with E-state index in [-0.39, 0.29) is 24.1 Å². The third-order valence-electron chi connectivity index (χ3n) is 8.94. The number of piperidine rings is 1. The predicted octanol–water partition coefficient (Wildman–Crippen LogP) is 3.66. The maximum Gasteiger partial charge on any atom is 0.200 e. The lowest BCUT2D eigenvalue weighted by molar-refractivity contribution is -0.179. The highest BCUT2D eigenvalue weighted by Gasteiger charge is 2.74. The minimum absolute atomic E-state index is 0.0792. The van der Waals surface area contributed by atoms with Gasteiger partial charge in [-0.1, -0.05) is 18.2 Å². The number of nitrogens with zero attached hydrogens (tertiary/aromatic N) is 1. The second-order valence-corrected chi connectivity index (χ2v) is 10.7. The molecular weight excluding hydrogens is 433 g/mol. The van der Waals surface area contributed by atoms with Crippen LogP contribution in [-0.4, -0.2) is 53.7 Å². The van der Waals surface area contributed by atoms with E-state index in [0.717, 1.165) is 36.2 Å². The van der Waals surface area contributed by atoms with Gasteiger partial charge in [-0.15, -0.1) is 0 Å². The highest BCUT2D eigenvalue weighted by Crippen LogP contribution is 2.65. The van der Waals surface area contributed by atoms with Gasteiger partial charge in [-0.05, 0) is 73.5 Å². The lowest BCUT2D eigenvalue weighted by atomic mass is 9.48. The molecule has 5 nitrogen and oxygen atoms in total. The van der Waals surface area contributed by atoms with Gasteiger partial charge in [0.2, 0.25) is 0 Å². The molecule has 5 aliphatic rings. The minimum atomic E-state index is -1.13. The van der Waals surface area contributed by atoms with Gasteiger partial charge in [-0.2, -0.15) is 0 Å². The number of Topliss-reactive ketones (excluding diaryl/α,β-unsaturated/α-hetero) is 1. The summed E-state index contributed by atoms with van der Waals surface area (Å²) in [6.07, 6.45) is 5.20. The van der Waals surface area contributed by atoms with Gasteiger partial charge in [0.25, 0.3) is 0 Å². The van der Waals surface area contributed by atoms with Gasteiger partial charge in [0.15, 0.2) is 23.4 Å². The van der Waals surface area contributed by atoms with E-state index in [4.69, 9.17) is 9.47 Å². The number of ketones is 1. The van der Waals surface area contributed by atoms with Crippen LogP contribution >= 0.6 is 0 Å². The Kier molecular flexibility index (Phi) is 4.21. The first-order valence-corrected chi connectivity index (χ1v) is 12.3. The Balaban J connectivity index is 1.41. The largest absolute Gasteiger partial charge is 0.493 e. The SMILES string of the molecule is COc1ccc2c3c1O[C@H]1C(=O)/C(=C/c4ccc(F)cc4)C[C@@]4(O)[C@@H](C2)N(CC2CC2)CC[C@]314. The molecule has 2 saturated carbocycles. The molecule has 3 aliphatic carbocycles. The van der Waals surface area contributed by atoms with Gasteiger partial charge in [0, 0.05) is 30.1 Å². The molecule has 0 amide bonds. The molecule has 2 aromatic rings. The molecule has 0 aromatic heterocycles. The summed E-state index contributed by atoms with van der Waals surface area (Å²) in [6, 6.07) is 10.0. The zero-order chi connectivity index (χ0) is 23.2. The summed E-state index contributed by atoms with van der Waals surface area (Å²) in [5.41, 5.74) is 1.53. The predicted molar refractivity (Wildman–Crippen MR) is 124 cm³/mol. The highest BCUT2D eigenvalue weighted by molar-refractivity contribution is 6.06. The van der Waals surface area contributed by atoms with Crippen molar-refractivity contribution in [1.82, 2.24) is 4.90 Å². The summed E-state index contributed by atoms with van der Waals surface area (Å²) in [5.74, 6) is 1.53. The number of benzene rings is 2. The molecule has 7 rings (SSSR count). The summed E-state index contributed by atoms with van der Waals surface area (Å²) in [6.45, 7) is 1.85. The maximum atomic E-state index is 13.9. The van der Waals surface area contributed by atoms with Crippen LogP contribution in [0.1, 0.15) is 42.4 Å². The molecule has 2 aliphatic heterocycles. The zero-order valence-electron chi connectivity index (χ0n) is 19.2. The lowest BCUT2D eigenvalue weighted by Crippen LogP contribution is -2.77. The van der Waals surface area contributed by atoms with Crippen LogP contribution in [0.4, 0.5) is 4.39 Å². The molecule has 4 atom stereocenters. The standard InChI is InChI=1S/C28H28FNO4/c1-33-21-9-6-18-13-22-28(32)14-19(12-16-4-7-20(29)8-5-16)24(31)26-27(28,23(18)25(21)34-26)10-11-30(22)15-17-2-3-17/h4-9,12,17,22,26,32H,2-3,10-11,13-15H2,1H3/b19-12+/t22-,26+,27+,28-/m1/s1. The second-order valence-electron chi connectivity index (χ2n) is 10.7. The first-order chi connectivity index (χ1) is 16.4. The third kappa shape index (κ3) is 2.58. The first-order valence-electron chi connectivity index (χ1n) is 12.3. The summed E-state index contributed by atoms with van der Waals surface area (Å²) in [7, 11) is 1.61. The fraction of sp³-hybridized carbons (Fsp3) is 0.464. The summed E-state index contributed by atoms with van der Waals surface area (Å²) in [5, 5.41) is 12.7. The van der Waals surface area contributed by atoms with Crippen LogP contribution < -0.4 is 9.47 Å². The number of methoxy groups -OCH3 is 1. The van der Waals surface area contributed by atoms with E-state index in [9.17, 15) is 14.3 Å². The molecule has 176 valence electrons. The van der Waals surface area contributed by atoms with Crippen molar-refractivity contribution in [1.29, 1.82) is 0 Å². The minimum Gasteiger partial charge on any atom is -0.493 e. The summed E-state index contributed by atoms with van der Waals surface area (Å²) < 4.78 is 25.5. The smallest absolute Gasteiger partial charge is 0.200 e. The Morgan fingerprint density at radius 2 is 2.03 bits per heavy atom. The van der Waals surface area contributed by atoms with Gasteiger partial charge in [-0.25, -0.2) is 4.39 Å². The first kappa shape index (κ1) is 20.7. The van der Waals surface area contributed by atoms with Crippen LogP contribution in [0.5, 0.6) is 11.5 Å². The van der Waals surface area contributed by atoms with Crippen molar-refractivity contribution in [3.63, 3.8) is 0 Å². The number of carbonyl (C=O) groups is 1. The number of rotatable bonds is 4. The topological polar surface area (TPSA) is 59.0 Å². The number of hydrogen-bond donors (Lipinski definition) is 1. The van der Waals surface area contributed by atoms with Gasteiger partial charge >= 0.3 is 0 Å². The van der Waals surface area contributed by atoms with Crippen molar-refractivity contribution in [3.05, 3.63) is 64.5 Å². The Bertz CT molecular complexity index is 1240. The number of aliphatic hydroxyl groups is 1. The number of halogens is 1. The van der Waals surface area contributed by atoms with E-state index < -0.39 is 17.1 Å². The quantitative estimate of drug-likeness (QED) is 0.705. The fourth-order valence-electron chi connectivity index (χ4n) is 7.22. The van der Waals surface area contributed by atoms with E-state index >= 15 is 0 Å². The molecule has 0 unspecified atom stereocenters. The van der Waals surface area contributed by atoms with Crippen LogP contribution in [0.2, 0.25) is 0 Å². The van der Waals surface area contributed by atoms with Crippen molar-refractivity contribution in [2.45, 2.75) is 55.3 Å². The molecule has 2 aromatic carbocycles. The van der Waals surface area contributed by atoms with Crippen molar-refractivity contribution in [3.8, 4) is 11.5 Å². The number of carbonyl (C=O) groups excluding carboxylic acids is 1. The van der Waals surface area contributed by atoms with Crippen molar-refractivity contribution >= 4 is 11.9 Å². The second kappa shape index (κ2) is 6.92. The Hall–Kier alpha value is -2.70. The summed E-state index contributed by atoms with van der Waals surface area (Å²) in [4.78, 5) is 16.4. The van der Waals surface area contributed by atoms with Crippen LogP contribution in [0.25, 0.3) is 6.08 Å². The van der Waals surface area contributed by atoms with E-state index in [1.54, 1.807) is 25.3 Å². The van der Waals surface area contributed by atoms with Gasteiger partial charge in [0.1, 0.15) is 5.82 Å². The molecule has 34 heavy (non-hydrogen) atoms. The number of ether oxygens (including phenoxy) is 2. The van der Waals surface area contributed by atoms with Crippen molar-refractivity contribution < 1.29 is 23.8 Å². The highest BCUT2D eigenvalue weighted by atomic mass is 19.1. The third-order valence-corrected chi connectivity index (χ3v) is 8.94. The van der Waals surface area contributed by atoms with Gasteiger partial charge in [0.05, 0.1) is 18.1 Å². The monoisotopic (exact) mass is 461 g/mol. The normalized spacial score (nSPS) is 34.7. The van der Waals surface area contributed by atoms with Gasteiger partial charge < -0.3 is 14.6 Å². The molecule has 0 radical (unpaired) electrons. The van der Waals surface area contributed by atoms with Crippen LogP contribution in [-0.2, 0) is 16.6 Å². The van der Waals surface area contributed by atoms with Crippen LogP contribution in [0, 0.1) is 11.7 Å². The zero-order valence-corrected chi connectivity index (χ0v) is 19.2. The molecule has 2 heterocycles. The molecule has 6 heteroatoms. The Labute approximate surface area is 198 Å². The molecule has 1 saturated heterocycles.